The summed E-state index contributed by atoms with van der Waals surface area (Å²) in [6.45, 7) is 9.66. The molecule has 52 heavy (non-hydrogen) atoms. The Morgan fingerprint density at radius 1 is 1.00 bits per heavy atom. The fourth-order valence-corrected chi connectivity index (χ4v) is 8.01. The van der Waals surface area contributed by atoms with Gasteiger partial charge in [-0.05, 0) is 94.5 Å². The minimum absolute atomic E-state index is 0.0763. The number of amides is 4. The first kappa shape index (κ1) is 38.3. The number of fused-ring (bicyclic) bond motifs is 1. The summed E-state index contributed by atoms with van der Waals surface area (Å²) in [5.41, 5.74) is 1.39. The molecule has 5 rings (SSSR count). The number of carbonyl (C=O) groups excluding carboxylic acids is 5. The molecule has 1 atom stereocenters. The highest BCUT2D eigenvalue weighted by Gasteiger charge is 2.33. The van der Waals surface area contributed by atoms with E-state index in [1.807, 2.05) is 23.6 Å². The molecule has 1 aliphatic rings. The number of nitrogens with zero attached hydrogens (tertiary/aromatic N) is 1. The number of thioether (sulfide) groups is 1. The second-order valence-electron chi connectivity index (χ2n) is 12.7. The maximum Gasteiger partial charge on any atom is 0.410 e. The van der Waals surface area contributed by atoms with Gasteiger partial charge in [0.05, 0.1) is 24.0 Å². The molecule has 4 amide bonds. The molecular formula is C38H40N4O7S3. The summed E-state index contributed by atoms with van der Waals surface area (Å²) in [6, 6.07) is 19.4. The van der Waals surface area contributed by atoms with Crippen molar-refractivity contribution in [3.8, 4) is 0 Å². The minimum Gasteiger partial charge on any atom is -0.462 e. The number of thiophene rings is 2. The average Bonchev–Trinajstić information content (AvgIpc) is 3.75. The molecule has 272 valence electrons. The van der Waals surface area contributed by atoms with Gasteiger partial charge in [0, 0.05) is 32.4 Å². The Hall–Kier alpha value is -4.92. The van der Waals surface area contributed by atoms with E-state index in [2.05, 4.69) is 16.0 Å². The normalized spacial score (nSPS) is 13.4. The summed E-state index contributed by atoms with van der Waals surface area (Å²) < 4.78 is 10.9. The highest BCUT2D eigenvalue weighted by Crippen LogP contribution is 2.39. The molecule has 0 aliphatic carbocycles. The first-order valence-electron chi connectivity index (χ1n) is 16.6. The third kappa shape index (κ3) is 10.1. The first-order chi connectivity index (χ1) is 24.8. The Labute approximate surface area is 314 Å². The predicted octanol–water partition coefficient (Wildman–Crippen LogP) is 7.81. The molecule has 4 aromatic rings. The van der Waals surface area contributed by atoms with Gasteiger partial charge in [-0.1, -0.05) is 30.3 Å². The lowest BCUT2D eigenvalue weighted by atomic mass is 10.0. The number of hydrogen-bond acceptors (Lipinski definition) is 10. The van der Waals surface area contributed by atoms with Crippen molar-refractivity contribution in [2.75, 3.05) is 23.8 Å². The van der Waals surface area contributed by atoms with Crippen molar-refractivity contribution in [1.29, 1.82) is 0 Å². The first-order valence-corrected chi connectivity index (χ1v) is 19.2. The van der Waals surface area contributed by atoms with E-state index in [4.69, 9.17) is 9.47 Å². The van der Waals surface area contributed by atoms with Gasteiger partial charge >= 0.3 is 12.1 Å². The zero-order chi connectivity index (χ0) is 37.4. The maximum absolute atomic E-state index is 13.5. The van der Waals surface area contributed by atoms with Gasteiger partial charge in [0.1, 0.15) is 16.3 Å². The Morgan fingerprint density at radius 2 is 1.77 bits per heavy atom. The Morgan fingerprint density at radius 3 is 2.46 bits per heavy atom. The van der Waals surface area contributed by atoms with E-state index in [-0.39, 0.29) is 24.8 Å². The largest absolute Gasteiger partial charge is 0.462 e. The molecule has 2 aromatic heterocycles. The molecule has 0 fully saturated rings. The molecule has 3 heterocycles. The number of hydrogen-bond donors (Lipinski definition) is 3. The minimum atomic E-state index is -0.648. The molecule has 3 N–H and O–H groups in total. The van der Waals surface area contributed by atoms with Gasteiger partial charge in [-0.2, -0.15) is 0 Å². The van der Waals surface area contributed by atoms with Crippen LogP contribution in [0.2, 0.25) is 0 Å². The van der Waals surface area contributed by atoms with E-state index in [0.29, 0.717) is 39.7 Å². The van der Waals surface area contributed by atoms with Crippen LogP contribution in [0.1, 0.15) is 70.7 Å². The number of rotatable bonds is 11. The van der Waals surface area contributed by atoms with Gasteiger partial charge in [-0.3, -0.25) is 14.4 Å². The third-order valence-electron chi connectivity index (χ3n) is 7.56. The molecule has 0 spiro atoms. The molecule has 14 heteroatoms. The van der Waals surface area contributed by atoms with Crippen molar-refractivity contribution >= 4 is 81.0 Å². The summed E-state index contributed by atoms with van der Waals surface area (Å²) >= 11 is 3.95. The van der Waals surface area contributed by atoms with Crippen LogP contribution in [0.5, 0.6) is 0 Å². The number of benzene rings is 2. The lowest BCUT2D eigenvalue weighted by Gasteiger charge is -2.30. The van der Waals surface area contributed by atoms with Crippen molar-refractivity contribution in [2.24, 2.45) is 0 Å². The molecule has 0 saturated carbocycles. The molecule has 0 bridgehead atoms. The maximum atomic E-state index is 13.5. The van der Waals surface area contributed by atoms with Crippen molar-refractivity contribution in [1.82, 2.24) is 10.2 Å². The lowest BCUT2D eigenvalue weighted by Crippen LogP contribution is -2.39. The molecular weight excluding hydrogens is 721 g/mol. The van der Waals surface area contributed by atoms with Crippen LogP contribution >= 0.6 is 34.4 Å². The van der Waals surface area contributed by atoms with E-state index in [9.17, 15) is 24.0 Å². The summed E-state index contributed by atoms with van der Waals surface area (Å²) in [7, 11) is 0. The second kappa shape index (κ2) is 17.1. The van der Waals surface area contributed by atoms with Crippen LogP contribution in [-0.2, 0) is 32.0 Å². The summed E-state index contributed by atoms with van der Waals surface area (Å²) in [5, 5.41) is 10.2. The lowest BCUT2D eigenvalue weighted by molar-refractivity contribution is -0.115. The molecule has 0 saturated heterocycles. The van der Waals surface area contributed by atoms with Crippen molar-refractivity contribution in [2.45, 2.75) is 63.3 Å². The van der Waals surface area contributed by atoms with Crippen molar-refractivity contribution < 1.29 is 33.4 Å². The van der Waals surface area contributed by atoms with Gasteiger partial charge in [0.2, 0.25) is 5.91 Å². The van der Waals surface area contributed by atoms with Gasteiger partial charge in [0.25, 0.3) is 11.8 Å². The topological polar surface area (TPSA) is 143 Å². The van der Waals surface area contributed by atoms with E-state index < -0.39 is 34.7 Å². The van der Waals surface area contributed by atoms with E-state index in [0.717, 1.165) is 15.3 Å². The van der Waals surface area contributed by atoms with Crippen LogP contribution in [0.4, 0.5) is 15.5 Å². The molecule has 2 aromatic carbocycles. The van der Waals surface area contributed by atoms with E-state index in [1.54, 1.807) is 94.1 Å². The fourth-order valence-electron chi connectivity index (χ4n) is 5.17. The Bertz CT molecular complexity index is 1970. The zero-order valence-electron chi connectivity index (χ0n) is 29.4. The number of nitrogens with one attached hydrogen (secondary N) is 3. The van der Waals surface area contributed by atoms with Crippen LogP contribution in [0.3, 0.4) is 0 Å². The average molecular weight is 761 g/mol. The van der Waals surface area contributed by atoms with E-state index in [1.165, 1.54) is 34.4 Å². The second-order valence-corrected chi connectivity index (χ2v) is 16.2. The van der Waals surface area contributed by atoms with Crippen molar-refractivity contribution in [3.05, 3.63) is 104 Å². The SMILES string of the molecule is CCOC(=O)c1c(NC(=O)C(C)Sc2cccc(NC(=O)/C(=C/c3cccs3)NC(=O)c3ccccc3)c2)sc2c1CCN(C(=O)OC(C)(C)C)C2. The van der Waals surface area contributed by atoms with Crippen LogP contribution in [-0.4, -0.2) is 58.7 Å². The van der Waals surface area contributed by atoms with Crippen LogP contribution in [0, 0.1) is 0 Å². The predicted molar refractivity (Wildman–Crippen MR) is 206 cm³/mol. The number of anilines is 2. The van der Waals surface area contributed by atoms with Gasteiger partial charge < -0.3 is 30.3 Å². The van der Waals surface area contributed by atoms with Crippen molar-refractivity contribution in [3.63, 3.8) is 0 Å². The highest BCUT2D eigenvalue weighted by molar-refractivity contribution is 8.00. The van der Waals surface area contributed by atoms with E-state index >= 15 is 0 Å². The number of carbonyl (C=O) groups is 5. The smallest absolute Gasteiger partial charge is 0.410 e. The Kier molecular flexibility index (Phi) is 12.6. The molecule has 1 aliphatic heterocycles. The van der Waals surface area contributed by atoms with Gasteiger partial charge in [-0.25, -0.2) is 9.59 Å². The standard InChI is InChI=1S/C38H40N4O7S3/c1-6-48-36(46)31-28-17-18-42(37(47)49-38(3,4)5)22-30(28)52-35(31)41-32(43)23(2)51-27-15-10-14-25(20-27)39-34(45)29(21-26-16-11-19-50-26)40-33(44)24-12-8-7-9-13-24/h7-16,19-21,23H,6,17-18,22H2,1-5H3,(H,39,45)(H,40,44)(H,41,43)/b29-21-. The number of ether oxygens (including phenoxy) is 2. The molecule has 1 unspecified atom stereocenters. The van der Waals surface area contributed by atoms with Crippen LogP contribution < -0.4 is 16.0 Å². The summed E-state index contributed by atoms with van der Waals surface area (Å²) in [5.74, 6) is -1.79. The fraction of sp³-hybridized carbons (Fsp3) is 0.289. The number of esters is 1. The highest BCUT2D eigenvalue weighted by atomic mass is 32.2. The quantitative estimate of drug-likeness (QED) is 0.0799. The zero-order valence-corrected chi connectivity index (χ0v) is 31.9. The molecule has 0 radical (unpaired) electrons. The van der Waals surface area contributed by atoms with Gasteiger partial charge in [0.15, 0.2) is 0 Å². The summed E-state index contributed by atoms with van der Waals surface area (Å²) in [6.07, 6.45) is 1.59. The molecule has 11 nitrogen and oxygen atoms in total. The van der Waals surface area contributed by atoms with Gasteiger partial charge in [-0.15, -0.1) is 34.4 Å². The summed E-state index contributed by atoms with van der Waals surface area (Å²) in [4.78, 5) is 69.7. The van der Waals surface area contributed by atoms with Crippen LogP contribution in [0.25, 0.3) is 6.08 Å². The third-order valence-corrected chi connectivity index (χ3v) is 10.6. The Balaban J connectivity index is 1.27. The van der Waals surface area contributed by atoms with Crippen LogP contribution in [0.15, 0.2) is 82.7 Å². The monoisotopic (exact) mass is 760 g/mol.